The van der Waals surface area contributed by atoms with E-state index in [1.807, 2.05) is 293 Å². The highest BCUT2D eigenvalue weighted by Gasteiger charge is 2.35. The number of hydrogen-bond acceptors (Lipinski definition) is 0. The van der Waals surface area contributed by atoms with E-state index in [0.29, 0.717) is 16.2 Å². The lowest BCUT2D eigenvalue weighted by Gasteiger charge is -2.38. The molecule has 0 spiro atoms. The van der Waals surface area contributed by atoms with E-state index in [9.17, 15) is 0 Å². The normalized spacial score (nSPS) is 9.78. The molecule has 1 aliphatic rings. The molecule has 11 rings (SSSR count). The zero-order chi connectivity index (χ0) is 77.5. The van der Waals surface area contributed by atoms with Crippen molar-refractivity contribution in [3.05, 3.63) is 361 Å². The molecule has 0 heteroatoms. The molecule has 0 heterocycles. The molecule has 10 aromatic carbocycles. The van der Waals surface area contributed by atoms with Crippen molar-refractivity contribution < 1.29 is 0 Å². The topological polar surface area (TPSA) is 0 Å². The average molecular weight is 1450 g/mol. The Balaban J connectivity index is -0.0000000836. The fourth-order valence-corrected chi connectivity index (χ4v) is 8.15. The lowest BCUT2D eigenvalue weighted by molar-refractivity contribution is 0.346. The molecule has 0 N–H and O–H groups in total. The van der Waals surface area contributed by atoms with Gasteiger partial charge in [-0.3, -0.25) is 0 Å². The van der Waals surface area contributed by atoms with Gasteiger partial charge in [-0.1, -0.05) is 598 Å². The van der Waals surface area contributed by atoms with E-state index in [1.54, 1.807) is 0 Å². The summed E-state index contributed by atoms with van der Waals surface area (Å²) in [5, 5.41) is 0. The van der Waals surface area contributed by atoms with Gasteiger partial charge in [0.15, 0.2) is 0 Å². The lowest BCUT2D eigenvalue weighted by atomic mass is 9.65. The van der Waals surface area contributed by atoms with E-state index in [-0.39, 0.29) is 55.4 Å². The molecule has 0 nitrogen and oxygen atoms in total. The summed E-state index contributed by atoms with van der Waals surface area (Å²) in [6.07, 6.45) is 7.95. The largest absolute Gasteiger partial charge is 0.0776 e. The molecule has 0 atom stereocenters. The second-order valence-corrected chi connectivity index (χ2v) is 25.3. The summed E-state index contributed by atoms with van der Waals surface area (Å²) in [4.78, 5) is 0. The smallest absolute Gasteiger partial charge is 0.0423 e. The third-order valence-electron chi connectivity index (χ3n) is 12.8. The first-order valence-electron chi connectivity index (χ1n) is 38.6. The SMILES string of the molecule is C.C.C.C.C.C.CC.CC.CC.CC.CC.CC.CC.CC.CC(C)(C)C.CC(C)(C)C.CC(c1ccccc1)(c1ccccc1)c1ccccc1.CCC(C)(C)C.c1ccc(C2(c3ccccc3)CCCCC2)cc1.c1ccccc1.c1ccccc1.c1ccccc1.c1ccccc1.c1ccccc1. The van der Waals surface area contributed by atoms with Gasteiger partial charge < -0.3 is 0 Å². The first-order chi connectivity index (χ1) is 48.3. The van der Waals surface area contributed by atoms with Gasteiger partial charge in [0.2, 0.25) is 0 Å². The Bertz CT molecular complexity index is 2420. The Morgan fingerprint density at radius 2 is 0.321 bits per heavy atom. The number of benzene rings is 10. The van der Waals surface area contributed by atoms with Crippen LogP contribution in [0.2, 0.25) is 0 Å². The Kier molecular flexibility index (Phi) is 112. The summed E-state index contributed by atoms with van der Waals surface area (Å²) in [5.41, 5.74) is 8.63. The van der Waals surface area contributed by atoms with Gasteiger partial charge in [-0.15, -0.1) is 0 Å². The van der Waals surface area contributed by atoms with Gasteiger partial charge in [-0.2, -0.15) is 0 Å². The fourth-order valence-electron chi connectivity index (χ4n) is 8.15. The van der Waals surface area contributed by atoms with Crippen LogP contribution < -0.4 is 0 Å². The van der Waals surface area contributed by atoms with Crippen LogP contribution in [0.5, 0.6) is 0 Å². The summed E-state index contributed by atoms with van der Waals surface area (Å²) in [6, 6.07) is 114. The van der Waals surface area contributed by atoms with Crippen LogP contribution in [0.4, 0.5) is 0 Å². The van der Waals surface area contributed by atoms with Crippen molar-refractivity contribution in [2.75, 3.05) is 0 Å². The monoisotopic (exact) mass is 1450 g/mol. The predicted octanol–water partition coefficient (Wildman–Crippen LogP) is 37.0. The minimum Gasteiger partial charge on any atom is -0.0776 e. The number of hydrogen-bond donors (Lipinski definition) is 0. The van der Waals surface area contributed by atoms with Crippen LogP contribution in [0, 0.1) is 16.2 Å². The Morgan fingerprint density at radius 3 is 0.443 bits per heavy atom. The highest BCUT2D eigenvalue weighted by molar-refractivity contribution is 5.49. The Hall–Kier alpha value is -7.80. The van der Waals surface area contributed by atoms with Crippen molar-refractivity contribution in [1.82, 2.24) is 0 Å². The third kappa shape index (κ3) is 78.8. The van der Waals surface area contributed by atoms with Crippen LogP contribution in [0.15, 0.2) is 334 Å². The van der Waals surface area contributed by atoms with Crippen LogP contribution in [0.1, 0.15) is 312 Å². The van der Waals surface area contributed by atoms with Crippen LogP contribution in [0.25, 0.3) is 0 Å². The maximum absolute atomic E-state index is 2.30. The lowest BCUT2D eigenvalue weighted by Crippen LogP contribution is -2.30. The van der Waals surface area contributed by atoms with Crippen LogP contribution in [0.3, 0.4) is 0 Å². The van der Waals surface area contributed by atoms with Gasteiger partial charge in [-0.25, -0.2) is 0 Å². The summed E-state index contributed by atoms with van der Waals surface area (Å²) in [7, 11) is 0. The second-order valence-electron chi connectivity index (χ2n) is 25.3. The Labute approximate surface area is 668 Å². The molecule has 1 fully saturated rings. The van der Waals surface area contributed by atoms with Gasteiger partial charge in [0.05, 0.1) is 0 Å². The third-order valence-corrected chi connectivity index (χ3v) is 12.8. The molecule has 1 saturated carbocycles. The Morgan fingerprint density at radius 1 is 0.208 bits per heavy atom. The standard InChI is InChI=1S/C20H18.C18H20.5C6H6.C6H14.2C5H12.8C2H6.6CH4/c1-20(17-11-5-2-6-12-17,18-13-7-3-8-14-18)19-15-9-4-10-16-19;1-4-10-16(11-5-1)18(14-8-3-9-15-18)17-12-6-2-7-13-17;5*1-2-4-6-5-3-1;1-5-6(2,3)4;2*1-5(2,3)4;8*1-2;;;;;;/h2-16H,1H3;1-2,4-7,10-13H,3,8-9,14-15H2;5*1-6H;5H2,1-4H3;2*1-4H3;8*1-2H3;6*1H4. The summed E-state index contributed by atoms with van der Waals surface area (Å²) in [6.45, 7) is 60.7. The van der Waals surface area contributed by atoms with Crippen molar-refractivity contribution in [1.29, 1.82) is 0 Å². The molecule has 0 radical (unpaired) electrons. The minimum absolute atomic E-state index is 0. The molecule has 0 aromatic heterocycles. The van der Waals surface area contributed by atoms with Gasteiger partial charge in [-0.05, 0) is 63.8 Å². The highest BCUT2D eigenvalue weighted by Crippen LogP contribution is 2.45. The number of rotatable bonds is 5. The van der Waals surface area contributed by atoms with Gasteiger partial charge in [0.1, 0.15) is 0 Å². The molecule has 0 aliphatic heterocycles. The molecule has 0 saturated heterocycles. The van der Waals surface area contributed by atoms with E-state index in [1.165, 1.54) is 66.3 Å². The van der Waals surface area contributed by atoms with E-state index in [4.69, 9.17) is 0 Å². The zero-order valence-corrected chi connectivity index (χ0v) is 70.0. The molecule has 0 bridgehead atoms. The quantitative estimate of drug-likeness (QED) is 0.151. The molecule has 0 amide bonds. The van der Waals surface area contributed by atoms with Crippen molar-refractivity contribution in [3.8, 4) is 0 Å². The molecule has 602 valence electrons. The summed E-state index contributed by atoms with van der Waals surface area (Å²) in [5.74, 6) is 0. The molecule has 1 aliphatic carbocycles. The zero-order valence-electron chi connectivity index (χ0n) is 70.0. The summed E-state index contributed by atoms with van der Waals surface area (Å²) < 4.78 is 0. The fraction of sp³-hybridized carbons (Fsp3) is 0.434. The molecule has 106 heavy (non-hydrogen) atoms. The second kappa shape index (κ2) is 93.3. The first kappa shape index (κ1) is 128. The van der Waals surface area contributed by atoms with Crippen molar-refractivity contribution in [2.24, 2.45) is 16.2 Å². The van der Waals surface area contributed by atoms with Crippen molar-refractivity contribution >= 4 is 0 Å². The maximum atomic E-state index is 2.30. The molecular formula is C106H178. The molecule has 0 unspecified atom stereocenters. The predicted molar refractivity (Wildman–Crippen MR) is 505 cm³/mol. The highest BCUT2D eigenvalue weighted by atomic mass is 14.4. The van der Waals surface area contributed by atoms with E-state index in [2.05, 4.69) is 242 Å². The van der Waals surface area contributed by atoms with Crippen LogP contribution in [-0.4, -0.2) is 0 Å². The summed E-state index contributed by atoms with van der Waals surface area (Å²) >= 11 is 0. The minimum atomic E-state index is -0.121. The molecular weight excluding hydrogens is 1270 g/mol. The van der Waals surface area contributed by atoms with Gasteiger partial charge in [0.25, 0.3) is 0 Å². The van der Waals surface area contributed by atoms with Crippen molar-refractivity contribution in [2.45, 2.75) is 295 Å². The maximum Gasteiger partial charge on any atom is 0.0423 e. The van der Waals surface area contributed by atoms with Crippen LogP contribution >= 0.6 is 0 Å². The van der Waals surface area contributed by atoms with Crippen molar-refractivity contribution in [3.63, 3.8) is 0 Å². The molecule has 10 aromatic rings. The van der Waals surface area contributed by atoms with Gasteiger partial charge in [0, 0.05) is 10.8 Å². The van der Waals surface area contributed by atoms with Gasteiger partial charge >= 0.3 is 0 Å². The van der Waals surface area contributed by atoms with Crippen LogP contribution in [-0.2, 0) is 10.8 Å². The van der Waals surface area contributed by atoms with E-state index < -0.39 is 0 Å². The van der Waals surface area contributed by atoms with E-state index >= 15 is 0 Å². The van der Waals surface area contributed by atoms with E-state index in [0.717, 1.165) is 0 Å². The average Bonchev–Trinajstić information content (AvgIpc) is 0.784. The first-order valence-corrected chi connectivity index (χ1v) is 38.6.